The zero-order valence-electron chi connectivity index (χ0n) is 32.4. The molecule has 7 aromatic carbocycles. The Labute approximate surface area is 316 Å². The average molecular weight is 694 g/mol. The first-order chi connectivity index (χ1) is 26.0. The minimum atomic E-state index is -0.116. The van der Waals surface area contributed by atoms with Crippen LogP contribution in [0, 0.1) is 0 Å². The van der Waals surface area contributed by atoms with Crippen molar-refractivity contribution in [1.29, 1.82) is 0 Å². The van der Waals surface area contributed by atoms with Gasteiger partial charge in [0, 0.05) is 33.2 Å². The van der Waals surface area contributed by atoms with Crippen molar-refractivity contribution in [2.45, 2.75) is 60.8 Å². The Bertz CT molecular complexity index is 2480. The number of anilines is 3. The van der Waals surface area contributed by atoms with Crippen molar-refractivity contribution in [3.8, 4) is 22.3 Å². The SMILES string of the molecule is C/C=C\C.CC.CC.CC1(C)c2ccc(N(c3ccccc3)c3ccc(-c4ccc5ccccc5c4)cc3)cc2-c2cc3oc4ccccc4c3cc21. The van der Waals surface area contributed by atoms with Crippen molar-refractivity contribution in [3.63, 3.8) is 0 Å². The number of nitrogens with zero attached hydrogens (tertiary/aromatic N) is 1. The molecule has 2 nitrogen and oxygen atoms in total. The van der Waals surface area contributed by atoms with Gasteiger partial charge in [0.15, 0.2) is 0 Å². The van der Waals surface area contributed by atoms with E-state index in [0.29, 0.717) is 0 Å². The topological polar surface area (TPSA) is 16.4 Å². The summed E-state index contributed by atoms with van der Waals surface area (Å²) in [6.45, 7) is 16.7. The summed E-state index contributed by atoms with van der Waals surface area (Å²) in [6.07, 6.45) is 4.00. The lowest BCUT2D eigenvalue weighted by atomic mass is 9.82. The molecule has 266 valence electrons. The molecule has 53 heavy (non-hydrogen) atoms. The molecule has 0 N–H and O–H groups in total. The predicted molar refractivity (Wildman–Crippen MR) is 232 cm³/mol. The third-order valence-electron chi connectivity index (χ3n) is 9.97. The molecule has 0 fully saturated rings. The van der Waals surface area contributed by atoms with Crippen LogP contribution in [0.2, 0.25) is 0 Å². The molecule has 0 radical (unpaired) electrons. The minimum absolute atomic E-state index is 0.116. The van der Waals surface area contributed by atoms with E-state index in [1.807, 2.05) is 59.8 Å². The third kappa shape index (κ3) is 7.02. The van der Waals surface area contributed by atoms with Gasteiger partial charge in [-0.05, 0) is 119 Å². The molecule has 1 heterocycles. The van der Waals surface area contributed by atoms with Crippen LogP contribution >= 0.6 is 0 Å². The highest BCUT2D eigenvalue weighted by atomic mass is 16.3. The molecule has 1 aliphatic rings. The third-order valence-corrected chi connectivity index (χ3v) is 9.97. The largest absolute Gasteiger partial charge is 0.456 e. The van der Waals surface area contributed by atoms with Gasteiger partial charge in [-0.2, -0.15) is 0 Å². The van der Waals surface area contributed by atoms with Crippen LogP contribution in [0.5, 0.6) is 0 Å². The normalized spacial score (nSPS) is 12.2. The molecule has 1 aliphatic carbocycles. The number of allylic oxidation sites excluding steroid dienone is 2. The van der Waals surface area contributed by atoms with Gasteiger partial charge in [-0.1, -0.05) is 145 Å². The van der Waals surface area contributed by atoms with E-state index in [9.17, 15) is 0 Å². The summed E-state index contributed by atoms with van der Waals surface area (Å²) >= 11 is 0. The summed E-state index contributed by atoms with van der Waals surface area (Å²) in [5, 5.41) is 4.87. The van der Waals surface area contributed by atoms with Gasteiger partial charge < -0.3 is 9.32 Å². The summed E-state index contributed by atoms with van der Waals surface area (Å²) in [5.41, 5.74) is 12.8. The van der Waals surface area contributed by atoms with E-state index < -0.39 is 0 Å². The van der Waals surface area contributed by atoms with Crippen LogP contribution in [0.4, 0.5) is 17.1 Å². The lowest BCUT2D eigenvalue weighted by Crippen LogP contribution is -2.15. The molecular formula is C51H51NO. The molecule has 9 rings (SSSR count). The van der Waals surface area contributed by atoms with Gasteiger partial charge in [0.25, 0.3) is 0 Å². The Kier molecular flexibility index (Phi) is 11.3. The maximum absolute atomic E-state index is 6.34. The van der Waals surface area contributed by atoms with Gasteiger partial charge in [0.2, 0.25) is 0 Å². The van der Waals surface area contributed by atoms with Gasteiger partial charge in [-0.3, -0.25) is 0 Å². The highest BCUT2D eigenvalue weighted by molar-refractivity contribution is 6.07. The Balaban J connectivity index is 0.000000557. The first-order valence-corrected chi connectivity index (χ1v) is 19.1. The molecule has 0 saturated carbocycles. The van der Waals surface area contributed by atoms with E-state index in [0.717, 1.165) is 28.2 Å². The number of para-hydroxylation sites is 2. The summed E-state index contributed by atoms with van der Waals surface area (Å²) in [4.78, 5) is 2.36. The molecule has 0 unspecified atom stereocenters. The van der Waals surface area contributed by atoms with E-state index >= 15 is 0 Å². The Morgan fingerprint density at radius 3 is 1.75 bits per heavy atom. The van der Waals surface area contributed by atoms with Crippen LogP contribution in [0.25, 0.3) is 55.0 Å². The molecule has 0 aliphatic heterocycles. The van der Waals surface area contributed by atoms with E-state index in [-0.39, 0.29) is 5.41 Å². The molecule has 0 amide bonds. The maximum atomic E-state index is 6.34. The van der Waals surface area contributed by atoms with Crippen LogP contribution in [-0.2, 0) is 5.41 Å². The molecule has 0 atom stereocenters. The fourth-order valence-corrected chi connectivity index (χ4v) is 7.29. The van der Waals surface area contributed by atoms with Crippen molar-refractivity contribution in [3.05, 3.63) is 175 Å². The monoisotopic (exact) mass is 693 g/mol. The minimum Gasteiger partial charge on any atom is -0.456 e. The molecule has 2 heteroatoms. The van der Waals surface area contributed by atoms with E-state index in [2.05, 4.69) is 164 Å². The first-order valence-electron chi connectivity index (χ1n) is 19.1. The summed E-state index contributed by atoms with van der Waals surface area (Å²) < 4.78 is 6.34. The van der Waals surface area contributed by atoms with Crippen molar-refractivity contribution in [1.82, 2.24) is 0 Å². The lowest BCUT2D eigenvalue weighted by Gasteiger charge is -2.27. The number of rotatable bonds is 4. The molecule has 8 aromatic rings. The van der Waals surface area contributed by atoms with Crippen LogP contribution in [0.3, 0.4) is 0 Å². The van der Waals surface area contributed by atoms with Gasteiger partial charge in [0.1, 0.15) is 11.2 Å². The van der Waals surface area contributed by atoms with E-state index in [4.69, 9.17) is 4.42 Å². The van der Waals surface area contributed by atoms with Crippen LogP contribution in [0.15, 0.2) is 168 Å². The lowest BCUT2D eigenvalue weighted by molar-refractivity contribution is 0.658. The van der Waals surface area contributed by atoms with Crippen LogP contribution in [0.1, 0.15) is 66.5 Å². The van der Waals surface area contributed by atoms with Crippen LogP contribution in [-0.4, -0.2) is 0 Å². The van der Waals surface area contributed by atoms with Crippen molar-refractivity contribution >= 4 is 49.8 Å². The summed E-state index contributed by atoms with van der Waals surface area (Å²) in [6, 6.07) is 54.7. The Hall–Kier alpha value is -5.86. The van der Waals surface area contributed by atoms with Gasteiger partial charge in [-0.25, -0.2) is 0 Å². The fraction of sp³-hybridized carbons (Fsp3) is 0.176. The maximum Gasteiger partial charge on any atom is 0.136 e. The molecule has 0 spiro atoms. The molecule has 0 bridgehead atoms. The van der Waals surface area contributed by atoms with E-state index in [1.165, 1.54) is 54.9 Å². The molecule has 0 saturated heterocycles. The Morgan fingerprint density at radius 1 is 0.453 bits per heavy atom. The number of hydrogen-bond acceptors (Lipinski definition) is 2. The van der Waals surface area contributed by atoms with Crippen molar-refractivity contribution in [2.75, 3.05) is 4.90 Å². The van der Waals surface area contributed by atoms with Crippen molar-refractivity contribution < 1.29 is 4.42 Å². The molecule has 1 aromatic heterocycles. The zero-order valence-corrected chi connectivity index (χ0v) is 32.4. The predicted octanol–water partition coefficient (Wildman–Crippen LogP) is 15.8. The first kappa shape index (κ1) is 36.9. The zero-order chi connectivity index (χ0) is 37.5. The second-order valence-corrected chi connectivity index (χ2v) is 13.3. The van der Waals surface area contributed by atoms with E-state index in [1.54, 1.807) is 0 Å². The van der Waals surface area contributed by atoms with Crippen molar-refractivity contribution in [2.24, 2.45) is 0 Å². The summed E-state index contributed by atoms with van der Waals surface area (Å²) in [5.74, 6) is 0. The molecular weight excluding hydrogens is 643 g/mol. The van der Waals surface area contributed by atoms with Gasteiger partial charge >= 0.3 is 0 Å². The standard InChI is InChI=1S/C43H31NO.C4H8.2C2H6/c1-43(2)39-23-22-34(25-36(39)37-27-42-38(26-40(37)43)35-14-8-9-15-41(35)45-42)44(32-12-4-3-5-13-32)33-20-18-29(19-21-33)31-17-16-28-10-6-7-11-30(28)24-31;1-3-4-2;2*1-2/h3-27H,1-2H3;3-4H,1-2H3;2*1-2H3/b;4-3-;;. The number of benzene rings is 7. The highest BCUT2D eigenvalue weighted by Crippen LogP contribution is 2.52. The second-order valence-electron chi connectivity index (χ2n) is 13.3. The number of fused-ring (bicyclic) bond motifs is 7. The highest BCUT2D eigenvalue weighted by Gasteiger charge is 2.37. The van der Waals surface area contributed by atoms with Gasteiger partial charge in [-0.15, -0.1) is 0 Å². The van der Waals surface area contributed by atoms with Crippen LogP contribution < -0.4 is 4.90 Å². The average Bonchev–Trinajstić information content (AvgIpc) is 3.70. The fourth-order valence-electron chi connectivity index (χ4n) is 7.29. The number of furan rings is 1. The quantitative estimate of drug-likeness (QED) is 0.171. The van der Waals surface area contributed by atoms with Gasteiger partial charge in [0.05, 0.1) is 0 Å². The Morgan fingerprint density at radius 2 is 1.04 bits per heavy atom. The number of hydrogen-bond donors (Lipinski definition) is 0. The summed E-state index contributed by atoms with van der Waals surface area (Å²) in [7, 11) is 0. The second kappa shape index (κ2) is 16.2. The smallest absolute Gasteiger partial charge is 0.136 e.